The quantitative estimate of drug-likeness (QED) is 0.380. The number of carbonyl (C=O) groups is 1. The van der Waals surface area contributed by atoms with Gasteiger partial charge in [0.05, 0.1) is 25.2 Å². The van der Waals surface area contributed by atoms with Crippen molar-refractivity contribution in [2.45, 2.75) is 29.2 Å². The number of ether oxygens (including phenoxy) is 4. The molecule has 0 heterocycles. The van der Waals surface area contributed by atoms with Gasteiger partial charge in [0.15, 0.2) is 17.3 Å². The molecule has 26 heavy (non-hydrogen) atoms. The van der Waals surface area contributed by atoms with Gasteiger partial charge in [-0.25, -0.2) is 0 Å². The van der Waals surface area contributed by atoms with Gasteiger partial charge in [-0.3, -0.25) is 4.79 Å². The summed E-state index contributed by atoms with van der Waals surface area (Å²) in [7, 11) is 4.82. The number of methoxy groups -OCH3 is 3. The van der Waals surface area contributed by atoms with Crippen molar-refractivity contribution in [1.29, 1.82) is 0 Å². The molecule has 5 atom stereocenters. The Morgan fingerprint density at radius 1 is 1.27 bits per heavy atom. The van der Waals surface area contributed by atoms with E-state index in [9.17, 15) is 4.79 Å². The number of fused-ring (bicyclic) bond motifs is 2. The number of benzene rings is 1. The van der Waals surface area contributed by atoms with Crippen LogP contribution in [-0.2, 0) is 19.7 Å². The van der Waals surface area contributed by atoms with Crippen LogP contribution >= 0.6 is 15.9 Å². The Hall–Kier alpha value is -1.37. The van der Waals surface area contributed by atoms with E-state index in [0.29, 0.717) is 11.5 Å². The van der Waals surface area contributed by atoms with Crippen LogP contribution in [0.2, 0.25) is 0 Å². The minimum Gasteiger partial charge on any atom is -0.493 e. The molecule has 0 aliphatic heterocycles. The third-order valence-electron chi connectivity index (χ3n) is 5.82. The number of halogens is 1. The van der Waals surface area contributed by atoms with Crippen LogP contribution < -0.4 is 9.47 Å². The summed E-state index contributed by atoms with van der Waals surface area (Å²) in [6, 6.07) is 5.77. The van der Waals surface area contributed by atoms with Crippen LogP contribution in [0.3, 0.4) is 0 Å². The Labute approximate surface area is 162 Å². The van der Waals surface area contributed by atoms with Crippen LogP contribution in [0, 0.1) is 11.8 Å². The van der Waals surface area contributed by atoms with Crippen LogP contribution in [0.15, 0.2) is 30.9 Å². The lowest BCUT2D eigenvalue weighted by Crippen LogP contribution is -2.49. The van der Waals surface area contributed by atoms with Crippen molar-refractivity contribution in [3.63, 3.8) is 0 Å². The van der Waals surface area contributed by atoms with Gasteiger partial charge in [0.1, 0.15) is 6.79 Å². The highest BCUT2D eigenvalue weighted by Gasteiger charge is 2.60. The van der Waals surface area contributed by atoms with Gasteiger partial charge in [0, 0.05) is 24.0 Å². The Morgan fingerprint density at radius 2 is 2.04 bits per heavy atom. The second kappa shape index (κ2) is 7.71. The van der Waals surface area contributed by atoms with Crippen molar-refractivity contribution in [3.8, 4) is 11.5 Å². The maximum atomic E-state index is 13.2. The minimum absolute atomic E-state index is 0.121. The Kier molecular flexibility index (Phi) is 5.75. The monoisotopic (exact) mass is 424 g/mol. The predicted molar refractivity (Wildman–Crippen MR) is 102 cm³/mol. The molecule has 2 aliphatic rings. The van der Waals surface area contributed by atoms with Crippen LogP contribution in [0.25, 0.3) is 0 Å². The van der Waals surface area contributed by atoms with E-state index in [-0.39, 0.29) is 30.5 Å². The standard InChI is InChI=1S/C20H25BrO5/c1-5-20(14-7-6-8-15(24-3)18(14)25-4)12-9-13(17(22)19(20)21)16(10-12)26-11-23-2/h5-8,12-13,16,19H,1,9-11H2,2-4H3/t12-,13+,16-,19?,20-/m0/s1. The molecular formula is C20H25BrO5. The first kappa shape index (κ1) is 19.4. The highest BCUT2D eigenvalue weighted by molar-refractivity contribution is 9.10. The second-order valence-electron chi connectivity index (χ2n) is 6.83. The largest absolute Gasteiger partial charge is 0.493 e. The van der Waals surface area contributed by atoms with Gasteiger partial charge in [0.25, 0.3) is 0 Å². The third kappa shape index (κ3) is 2.79. The average molecular weight is 425 g/mol. The Morgan fingerprint density at radius 3 is 2.65 bits per heavy atom. The van der Waals surface area contributed by atoms with Gasteiger partial charge in [-0.2, -0.15) is 0 Å². The first-order chi connectivity index (χ1) is 12.5. The number of Topliss-reactive ketones (excluding diaryl/α,β-unsaturated/α-hetero) is 1. The topological polar surface area (TPSA) is 54.0 Å². The molecule has 2 fully saturated rings. The van der Waals surface area contributed by atoms with Crippen molar-refractivity contribution >= 4 is 21.7 Å². The molecule has 6 heteroatoms. The smallest absolute Gasteiger partial charge is 0.164 e. The highest BCUT2D eigenvalue weighted by atomic mass is 79.9. The van der Waals surface area contributed by atoms with Crippen molar-refractivity contribution < 1.29 is 23.7 Å². The average Bonchev–Trinajstić information content (AvgIpc) is 3.07. The SMILES string of the molecule is C=C[C@]1(c2cccc(OC)c2OC)C(Br)C(=O)[C@@H]2C[C@H]1C[C@@H]2OCOC. The maximum Gasteiger partial charge on any atom is 0.164 e. The Balaban J connectivity index is 2.10. The molecule has 0 spiro atoms. The number of ketones is 1. The van der Waals surface area contributed by atoms with Crippen molar-refractivity contribution in [2.75, 3.05) is 28.1 Å². The fourth-order valence-electron chi connectivity index (χ4n) is 4.62. The number of para-hydroxylation sites is 1. The number of hydrogen-bond donors (Lipinski definition) is 0. The van der Waals surface area contributed by atoms with E-state index in [1.54, 1.807) is 21.3 Å². The Bertz CT molecular complexity index is 691. The summed E-state index contributed by atoms with van der Waals surface area (Å²) >= 11 is 3.70. The van der Waals surface area contributed by atoms with E-state index in [4.69, 9.17) is 18.9 Å². The minimum atomic E-state index is -0.585. The summed E-state index contributed by atoms with van der Waals surface area (Å²) < 4.78 is 22.0. The summed E-state index contributed by atoms with van der Waals surface area (Å²) in [5, 5.41) is 0. The second-order valence-corrected chi connectivity index (χ2v) is 7.75. The van der Waals surface area contributed by atoms with E-state index in [1.807, 2.05) is 24.3 Å². The summed E-state index contributed by atoms with van der Waals surface area (Å²) in [5.41, 5.74) is 0.332. The van der Waals surface area contributed by atoms with Crippen LogP contribution in [0.4, 0.5) is 0 Å². The van der Waals surface area contributed by atoms with Crippen LogP contribution in [0.1, 0.15) is 18.4 Å². The number of alkyl halides is 1. The lowest BCUT2D eigenvalue weighted by Gasteiger charge is -2.44. The summed E-state index contributed by atoms with van der Waals surface area (Å²) in [4.78, 5) is 12.8. The molecule has 2 bridgehead atoms. The molecule has 0 aromatic heterocycles. The molecule has 3 rings (SSSR count). The zero-order valence-corrected chi connectivity index (χ0v) is 17.0. The molecule has 0 saturated heterocycles. The van der Waals surface area contributed by atoms with E-state index in [0.717, 1.165) is 18.4 Å². The van der Waals surface area contributed by atoms with Crippen molar-refractivity contribution in [1.82, 2.24) is 0 Å². The van der Waals surface area contributed by atoms with Gasteiger partial charge in [0.2, 0.25) is 0 Å². The zero-order valence-electron chi connectivity index (χ0n) is 15.4. The van der Waals surface area contributed by atoms with Gasteiger partial charge < -0.3 is 18.9 Å². The van der Waals surface area contributed by atoms with Gasteiger partial charge in [-0.05, 0) is 24.8 Å². The van der Waals surface area contributed by atoms with E-state index < -0.39 is 10.2 Å². The molecule has 0 N–H and O–H groups in total. The molecule has 0 radical (unpaired) electrons. The van der Waals surface area contributed by atoms with Crippen molar-refractivity contribution in [3.05, 3.63) is 36.4 Å². The van der Waals surface area contributed by atoms with E-state index in [2.05, 4.69) is 22.5 Å². The van der Waals surface area contributed by atoms with Gasteiger partial charge in [-0.15, -0.1) is 6.58 Å². The number of carbonyl (C=O) groups excluding carboxylic acids is 1. The highest BCUT2D eigenvalue weighted by Crippen LogP contribution is 2.58. The van der Waals surface area contributed by atoms with Gasteiger partial charge >= 0.3 is 0 Å². The fraction of sp³-hybridized carbons (Fsp3) is 0.550. The maximum absolute atomic E-state index is 13.2. The van der Waals surface area contributed by atoms with Crippen molar-refractivity contribution in [2.24, 2.45) is 11.8 Å². The predicted octanol–water partition coefficient (Wildman–Crippen LogP) is 3.49. The number of allylic oxidation sites excluding steroid dienone is 1. The molecule has 1 aromatic carbocycles. The molecule has 2 saturated carbocycles. The van der Waals surface area contributed by atoms with Crippen LogP contribution in [-0.4, -0.2) is 44.8 Å². The molecule has 1 aromatic rings. The first-order valence-electron chi connectivity index (χ1n) is 8.68. The molecular weight excluding hydrogens is 400 g/mol. The van der Waals surface area contributed by atoms with Crippen LogP contribution in [0.5, 0.6) is 11.5 Å². The number of rotatable bonds is 7. The van der Waals surface area contributed by atoms with E-state index in [1.165, 1.54) is 0 Å². The molecule has 142 valence electrons. The van der Waals surface area contributed by atoms with Gasteiger partial charge in [-0.1, -0.05) is 34.1 Å². The molecule has 2 aliphatic carbocycles. The third-order valence-corrected chi connectivity index (χ3v) is 7.03. The molecule has 5 nitrogen and oxygen atoms in total. The normalized spacial score (nSPS) is 33.2. The van der Waals surface area contributed by atoms with E-state index >= 15 is 0 Å². The lowest BCUT2D eigenvalue weighted by molar-refractivity contribution is -0.132. The lowest BCUT2D eigenvalue weighted by atomic mass is 9.62. The summed E-state index contributed by atoms with van der Waals surface area (Å²) in [6.07, 6.45) is 3.29. The molecule has 1 unspecified atom stereocenters. The summed E-state index contributed by atoms with van der Waals surface area (Å²) in [5.74, 6) is 1.52. The molecule has 0 amide bonds. The first-order valence-corrected chi connectivity index (χ1v) is 9.60. The zero-order chi connectivity index (χ0) is 18.9. The fourth-order valence-corrected chi connectivity index (χ4v) is 5.77. The number of hydrogen-bond acceptors (Lipinski definition) is 5. The summed E-state index contributed by atoms with van der Waals surface area (Å²) in [6.45, 7) is 4.30.